The van der Waals surface area contributed by atoms with Crippen LogP contribution >= 0.6 is 0 Å². The van der Waals surface area contributed by atoms with Gasteiger partial charge in [0.1, 0.15) is 11.6 Å². The van der Waals surface area contributed by atoms with Crippen LogP contribution in [0.25, 0.3) is 0 Å². The lowest BCUT2D eigenvalue weighted by Gasteiger charge is -2.24. The molecule has 0 saturated heterocycles. The number of benzene rings is 1. The van der Waals surface area contributed by atoms with E-state index in [1.165, 1.54) is 0 Å². The van der Waals surface area contributed by atoms with Crippen molar-refractivity contribution in [3.8, 4) is 0 Å². The van der Waals surface area contributed by atoms with E-state index in [9.17, 15) is 18.0 Å². The van der Waals surface area contributed by atoms with Crippen LogP contribution in [0.3, 0.4) is 0 Å². The first-order valence-electron chi connectivity index (χ1n) is 4.71. The van der Waals surface area contributed by atoms with Gasteiger partial charge in [0.15, 0.2) is 11.6 Å². The zero-order valence-electron chi connectivity index (χ0n) is 7.90. The molecular formula is C11H9F3O. The van der Waals surface area contributed by atoms with Crippen molar-refractivity contribution in [2.45, 2.75) is 19.3 Å². The lowest BCUT2D eigenvalue weighted by atomic mass is 9.80. The van der Waals surface area contributed by atoms with Gasteiger partial charge in [0, 0.05) is 18.9 Å². The summed E-state index contributed by atoms with van der Waals surface area (Å²) < 4.78 is 38.5. The summed E-state index contributed by atoms with van der Waals surface area (Å²) in [6.07, 6.45) is 1.13. The molecule has 0 aromatic heterocycles. The molecule has 0 atom stereocenters. The minimum absolute atomic E-state index is 0.0804. The highest BCUT2D eigenvalue weighted by molar-refractivity contribution is 5.84. The van der Waals surface area contributed by atoms with Crippen molar-refractivity contribution < 1.29 is 18.0 Å². The number of ketones is 1. The molecule has 0 aliphatic heterocycles. The fourth-order valence-electron chi connectivity index (χ4n) is 1.76. The Balaban J connectivity index is 2.14. The van der Waals surface area contributed by atoms with E-state index in [0.29, 0.717) is 25.3 Å². The van der Waals surface area contributed by atoms with Crippen LogP contribution in [0.5, 0.6) is 0 Å². The maximum absolute atomic E-state index is 13.2. The average molecular weight is 214 g/mol. The monoisotopic (exact) mass is 214 g/mol. The summed E-state index contributed by atoms with van der Waals surface area (Å²) in [4.78, 5) is 10.7. The summed E-state index contributed by atoms with van der Waals surface area (Å²) in [5.74, 6) is -2.74. The molecule has 1 aliphatic carbocycles. The van der Waals surface area contributed by atoms with Gasteiger partial charge in [-0.25, -0.2) is 13.2 Å². The predicted octanol–water partition coefficient (Wildman–Crippen LogP) is 2.63. The van der Waals surface area contributed by atoms with Crippen LogP contribution in [0.2, 0.25) is 0 Å². The smallest absolute Gasteiger partial charge is 0.161 e. The van der Waals surface area contributed by atoms with Gasteiger partial charge in [0.25, 0.3) is 0 Å². The number of rotatable bonds is 2. The van der Waals surface area contributed by atoms with Crippen LogP contribution < -0.4 is 0 Å². The van der Waals surface area contributed by atoms with E-state index in [2.05, 4.69) is 0 Å². The summed E-state index contributed by atoms with van der Waals surface area (Å²) in [6.45, 7) is 0. The molecule has 4 heteroatoms. The van der Waals surface area contributed by atoms with Gasteiger partial charge >= 0.3 is 0 Å². The second-order valence-electron chi connectivity index (χ2n) is 3.87. The Bertz CT molecular complexity index is 407. The van der Waals surface area contributed by atoms with Crippen LogP contribution in [0.15, 0.2) is 12.1 Å². The summed E-state index contributed by atoms with van der Waals surface area (Å²) in [7, 11) is 0. The van der Waals surface area contributed by atoms with Crippen LogP contribution in [-0.2, 0) is 11.2 Å². The Morgan fingerprint density at radius 1 is 1.07 bits per heavy atom. The SMILES string of the molecule is O=C1CC(Cc2cc(F)c(F)cc2F)C1. The second-order valence-corrected chi connectivity index (χ2v) is 3.87. The van der Waals surface area contributed by atoms with E-state index < -0.39 is 17.5 Å². The lowest BCUT2D eigenvalue weighted by Crippen LogP contribution is -2.25. The molecule has 1 aromatic rings. The van der Waals surface area contributed by atoms with E-state index in [1.54, 1.807) is 0 Å². The number of hydrogen-bond acceptors (Lipinski definition) is 1. The molecule has 80 valence electrons. The highest BCUT2D eigenvalue weighted by Gasteiger charge is 2.27. The largest absolute Gasteiger partial charge is 0.300 e. The van der Waals surface area contributed by atoms with E-state index >= 15 is 0 Å². The Morgan fingerprint density at radius 3 is 2.27 bits per heavy atom. The maximum Gasteiger partial charge on any atom is 0.161 e. The minimum Gasteiger partial charge on any atom is -0.300 e. The third-order valence-electron chi connectivity index (χ3n) is 2.63. The van der Waals surface area contributed by atoms with E-state index in [-0.39, 0.29) is 17.3 Å². The normalized spacial score (nSPS) is 16.6. The number of carbonyl (C=O) groups excluding carboxylic acids is 1. The van der Waals surface area contributed by atoms with Gasteiger partial charge in [-0.15, -0.1) is 0 Å². The third kappa shape index (κ3) is 2.03. The highest BCUT2D eigenvalue weighted by atomic mass is 19.2. The first kappa shape index (κ1) is 10.2. The molecule has 0 radical (unpaired) electrons. The molecular weight excluding hydrogens is 205 g/mol. The number of hydrogen-bond donors (Lipinski definition) is 0. The van der Waals surface area contributed by atoms with Crippen molar-refractivity contribution in [3.63, 3.8) is 0 Å². The summed E-state index contributed by atoms with van der Waals surface area (Å²) >= 11 is 0. The molecule has 1 aromatic carbocycles. The van der Waals surface area contributed by atoms with Gasteiger partial charge in [-0.1, -0.05) is 0 Å². The number of Topliss-reactive ketones (excluding diaryl/α,β-unsaturated/α-hetero) is 1. The quantitative estimate of drug-likeness (QED) is 0.691. The topological polar surface area (TPSA) is 17.1 Å². The molecule has 1 saturated carbocycles. The van der Waals surface area contributed by atoms with Gasteiger partial charge in [0.2, 0.25) is 0 Å². The van der Waals surface area contributed by atoms with Crippen molar-refractivity contribution in [2.75, 3.05) is 0 Å². The van der Waals surface area contributed by atoms with Gasteiger partial charge in [-0.2, -0.15) is 0 Å². The molecule has 15 heavy (non-hydrogen) atoms. The summed E-state index contributed by atoms with van der Waals surface area (Å²) in [6, 6.07) is 1.42. The zero-order chi connectivity index (χ0) is 11.0. The van der Waals surface area contributed by atoms with Crippen molar-refractivity contribution in [3.05, 3.63) is 35.1 Å². The van der Waals surface area contributed by atoms with Gasteiger partial charge in [0.05, 0.1) is 0 Å². The Labute approximate surface area is 84.9 Å². The van der Waals surface area contributed by atoms with Gasteiger partial charge in [-0.3, -0.25) is 4.79 Å². The third-order valence-corrected chi connectivity index (χ3v) is 2.63. The maximum atomic E-state index is 13.2. The van der Waals surface area contributed by atoms with E-state index in [4.69, 9.17) is 0 Å². The van der Waals surface area contributed by atoms with Crippen LogP contribution in [0, 0.1) is 23.4 Å². The molecule has 0 heterocycles. The van der Waals surface area contributed by atoms with Crippen LogP contribution in [0.1, 0.15) is 18.4 Å². The van der Waals surface area contributed by atoms with E-state index in [1.807, 2.05) is 0 Å². The number of carbonyl (C=O) groups is 1. The minimum atomic E-state index is -1.18. The lowest BCUT2D eigenvalue weighted by molar-refractivity contribution is -0.126. The van der Waals surface area contributed by atoms with Crippen LogP contribution in [0.4, 0.5) is 13.2 Å². The molecule has 1 nitrogen and oxygen atoms in total. The molecule has 1 aliphatic rings. The molecule has 1 fully saturated rings. The first-order chi connectivity index (χ1) is 7.06. The van der Waals surface area contributed by atoms with Gasteiger partial charge in [-0.05, 0) is 24.0 Å². The second kappa shape index (κ2) is 3.68. The fourth-order valence-corrected chi connectivity index (χ4v) is 1.76. The average Bonchev–Trinajstić information content (AvgIpc) is 2.11. The Kier molecular flexibility index (Phi) is 2.50. The Morgan fingerprint density at radius 2 is 1.67 bits per heavy atom. The van der Waals surface area contributed by atoms with Crippen molar-refractivity contribution in [2.24, 2.45) is 5.92 Å². The highest BCUT2D eigenvalue weighted by Crippen LogP contribution is 2.28. The number of halogens is 3. The molecule has 0 spiro atoms. The molecule has 0 N–H and O–H groups in total. The van der Waals surface area contributed by atoms with Crippen molar-refractivity contribution >= 4 is 5.78 Å². The predicted molar refractivity (Wildman–Crippen MR) is 47.8 cm³/mol. The van der Waals surface area contributed by atoms with Crippen LogP contribution in [-0.4, -0.2) is 5.78 Å². The standard InChI is InChI=1S/C11H9F3O/c12-9-5-11(14)10(13)4-7(9)1-6-2-8(15)3-6/h4-6H,1-3H2. The summed E-state index contributed by atoms with van der Waals surface area (Å²) in [5, 5.41) is 0. The van der Waals surface area contributed by atoms with E-state index in [0.717, 1.165) is 6.07 Å². The molecule has 0 bridgehead atoms. The van der Waals surface area contributed by atoms with Crippen molar-refractivity contribution in [1.29, 1.82) is 0 Å². The van der Waals surface area contributed by atoms with Crippen molar-refractivity contribution in [1.82, 2.24) is 0 Å². The molecule has 2 rings (SSSR count). The fraction of sp³-hybridized carbons (Fsp3) is 0.364. The van der Waals surface area contributed by atoms with Gasteiger partial charge < -0.3 is 0 Å². The first-order valence-corrected chi connectivity index (χ1v) is 4.71. The molecule has 0 unspecified atom stereocenters. The summed E-state index contributed by atoms with van der Waals surface area (Å²) in [5.41, 5.74) is 0.145. The zero-order valence-corrected chi connectivity index (χ0v) is 7.90. The molecule has 0 amide bonds. The Hall–Kier alpha value is -1.32.